The van der Waals surface area contributed by atoms with Gasteiger partial charge in [0.25, 0.3) is 5.91 Å². The van der Waals surface area contributed by atoms with Crippen molar-refractivity contribution in [2.75, 3.05) is 7.05 Å². The Morgan fingerprint density at radius 3 is 3.00 bits per heavy atom. The number of fused-ring (bicyclic) bond motifs is 1. The number of carbonyl (C=O) groups excluding carboxylic acids is 1. The van der Waals surface area contributed by atoms with Crippen molar-refractivity contribution in [3.05, 3.63) is 35.4 Å². The Balaban J connectivity index is 2.11. The fourth-order valence-electron chi connectivity index (χ4n) is 2.65. The van der Waals surface area contributed by atoms with Gasteiger partial charge in [0.05, 0.1) is 0 Å². The SMILES string of the molecule is CNC(=O)[C@@H](C)[NH2+][C@H]1CCCc2ccccc21. The molecular weight excluding hydrogens is 212 g/mol. The molecule has 0 saturated carbocycles. The molecule has 1 aliphatic carbocycles. The molecule has 0 aromatic heterocycles. The zero-order valence-electron chi connectivity index (χ0n) is 10.6. The van der Waals surface area contributed by atoms with Gasteiger partial charge >= 0.3 is 0 Å². The summed E-state index contributed by atoms with van der Waals surface area (Å²) in [4.78, 5) is 11.6. The number of rotatable bonds is 3. The summed E-state index contributed by atoms with van der Waals surface area (Å²) in [6.07, 6.45) is 3.56. The molecule has 3 N–H and O–H groups in total. The molecule has 17 heavy (non-hydrogen) atoms. The van der Waals surface area contributed by atoms with Crippen LogP contribution in [0.25, 0.3) is 0 Å². The molecule has 1 aromatic carbocycles. The van der Waals surface area contributed by atoms with Crippen LogP contribution in [0.5, 0.6) is 0 Å². The van der Waals surface area contributed by atoms with Crippen LogP contribution in [0.1, 0.15) is 36.9 Å². The van der Waals surface area contributed by atoms with Gasteiger partial charge in [-0.15, -0.1) is 0 Å². The maximum absolute atomic E-state index is 11.6. The highest BCUT2D eigenvalue weighted by Crippen LogP contribution is 2.26. The molecule has 0 saturated heterocycles. The summed E-state index contributed by atoms with van der Waals surface area (Å²) in [5.74, 6) is 0.105. The van der Waals surface area contributed by atoms with Crippen molar-refractivity contribution in [3.8, 4) is 0 Å². The maximum Gasteiger partial charge on any atom is 0.277 e. The fraction of sp³-hybridized carbons (Fsp3) is 0.500. The topological polar surface area (TPSA) is 45.7 Å². The quantitative estimate of drug-likeness (QED) is 0.795. The molecule has 1 amide bonds. The highest BCUT2D eigenvalue weighted by molar-refractivity contribution is 5.79. The summed E-state index contributed by atoms with van der Waals surface area (Å²) < 4.78 is 0. The number of quaternary nitrogens is 1. The van der Waals surface area contributed by atoms with Crippen molar-refractivity contribution in [1.29, 1.82) is 0 Å². The van der Waals surface area contributed by atoms with Gasteiger partial charge in [-0.05, 0) is 25.3 Å². The number of amides is 1. The van der Waals surface area contributed by atoms with E-state index in [2.05, 4.69) is 34.9 Å². The van der Waals surface area contributed by atoms with Crippen molar-refractivity contribution < 1.29 is 10.1 Å². The Morgan fingerprint density at radius 1 is 1.47 bits per heavy atom. The van der Waals surface area contributed by atoms with Gasteiger partial charge in [-0.1, -0.05) is 24.3 Å². The van der Waals surface area contributed by atoms with E-state index in [0.29, 0.717) is 6.04 Å². The van der Waals surface area contributed by atoms with E-state index in [9.17, 15) is 4.79 Å². The summed E-state index contributed by atoms with van der Waals surface area (Å²) in [6.45, 7) is 1.97. The molecule has 1 aliphatic rings. The minimum Gasteiger partial charge on any atom is -0.354 e. The zero-order chi connectivity index (χ0) is 12.3. The average Bonchev–Trinajstić information content (AvgIpc) is 2.38. The minimum atomic E-state index is -0.0174. The van der Waals surface area contributed by atoms with E-state index in [4.69, 9.17) is 0 Å². The molecule has 3 heteroatoms. The molecule has 2 rings (SSSR count). The molecule has 0 bridgehead atoms. The first-order chi connectivity index (χ1) is 8.22. The third-order valence-corrected chi connectivity index (χ3v) is 3.60. The second-order valence-corrected chi connectivity index (χ2v) is 4.79. The van der Waals surface area contributed by atoms with Crippen LogP contribution < -0.4 is 10.6 Å². The number of aryl methyl sites for hydroxylation is 1. The van der Waals surface area contributed by atoms with Crippen molar-refractivity contribution in [1.82, 2.24) is 5.32 Å². The van der Waals surface area contributed by atoms with Crippen LogP contribution in [0.2, 0.25) is 0 Å². The second kappa shape index (κ2) is 5.32. The molecule has 0 radical (unpaired) electrons. The Bertz CT molecular complexity index is 403. The van der Waals surface area contributed by atoms with Crippen LogP contribution >= 0.6 is 0 Å². The fourth-order valence-corrected chi connectivity index (χ4v) is 2.65. The largest absolute Gasteiger partial charge is 0.354 e. The highest BCUT2D eigenvalue weighted by Gasteiger charge is 2.26. The summed E-state index contributed by atoms with van der Waals surface area (Å²) in [5.41, 5.74) is 2.86. The van der Waals surface area contributed by atoms with Crippen LogP contribution in [0.15, 0.2) is 24.3 Å². The molecule has 0 spiro atoms. The Labute approximate surface area is 103 Å². The normalized spacial score (nSPS) is 20.5. The van der Waals surface area contributed by atoms with E-state index in [1.54, 1.807) is 7.05 Å². The zero-order valence-corrected chi connectivity index (χ0v) is 10.6. The van der Waals surface area contributed by atoms with Crippen LogP contribution in [-0.4, -0.2) is 19.0 Å². The van der Waals surface area contributed by atoms with Gasteiger partial charge in [0, 0.05) is 19.0 Å². The Hall–Kier alpha value is -1.35. The van der Waals surface area contributed by atoms with E-state index >= 15 is 0 Å². The highest BCUT2D eigenvalue weighted by atomic mass is 16.2. The molecule has 0 unspecified atom stereocenters. The second-order valence-electron chi connectivity index (χ2n) is 4.79. The van der Waals surface area contributed by atoms with E-state index in [0.717, 1.165) is 0 Å². The van der Waals surface area contributed by atoms with Crippen molar-refractivity contribution >= 4 is 5.91 Å². The number of carbonyl (C=O) groups is 1. The lowest BCUT2D eigenvalue weighted by molar-refractivity contribution is -0.714. The third-order valence-electron chi connectivity index (χ3n) is 3.60. The van der Waals surface area contributed by atoms with E-state index in [1.165, 1.54) is 30.4 Å². The smallest absolute Gasteiger partial charge is 0.277 e. The molecule has 2 atom stereocenters. The number of likely N-dealkylation sites (N-methyl/N-ethyl adjacent to an activating group) is 1. The predicted octanol–water partition coefficient (Wildman–Crippen LogP) is 0.762. The molecule has 92 valence electrons. The number of benzene rings is 1. The van der Waals surface area contributed by atoms with E-state index in [-0.39, 0.29) is 11.9 Å². The summed E-state index contributed by atoms with van der Waals surface area (Å²) in [6, 6.07) is 9.02. The lowest BCUT2D eigenvalue weighted by Gasteiger charge is -2.25. The van der Waals surface area contributed by atoms with E-state index < -0.39 is 0 Å². The van der Waals surface area contributed by atoms with Crippen LogP contribution in [-0.2, 0) is 11.2 Å². The molecular formula is C14H21N2O+. The number of nitrogens with one attached hydrogen (secondary N) is 1. The molecule has 3 nitrogen and oxygen atoms in total. The summed E-state index contributed by atoms with van der Waals surface area (Å²) >= 11 is 0. The standard InChI is InChI=1S/C14H20N2O/c1-10(14(17)15-2)16-13-9-5-7-11-6-3-4-8-12(11)13/h3-4,6,8,10,13,16H,5,7,9H2,1-2H3,(H,15,17)/p+1/t10-,13+/m1/s1. The Kier molecular flexibility index (Phi) is 3.79. The maximum atomic E-state index is 11.6. The van der Waals surface area contributed by atoms with E-state index in [1.807, 2.05) is 6.92 Å². The van der Waals surface area contributed by atoms with Crippen LogP contribution in [0, 0.1) is 0 Å². The molecule has 0 aliphatic heterocycles. The molecule has 1 aromatic rings. The van der Waals surface area contributed by atoms with Crippen LogP contribution in [0.3, 0.4) is 0 Å². The lowest BCUT2D eigenvalue weighted by atomic mass is 9.87. The van der Waals surface area contributed by atoms with Crippen molar-refractivity contribution in [3.63, 3.8) is 0 Å². The minimum absolute atomic E-state index is 0.0174. The van der Waals surface area contributed by atoms with Crippen molar-refractivity contribution in [2.24, 2.45) is 0 Å². The number of nitrogens with two attached hydrogens (primary N) is 1. The average molecular weight is 233 g/mol. The monoisotopic (exact) mass is 233 g/mol. The van der Waals surface area contributed by atoms with Gasteiger partial charge in [-0.25, -0.2) is 0 Å². The lowest BCUT2D eigenvalue weighted by Crippen LogP contribution is -2.92. The third kappa shape index (κ3) is 2.67. The number of hydrogen-bond acceptors (Lipinski definition) is 1. The van der Waals surface area contributed by atoms with Gasteiger partial charge in [-0.3, -0.25) is 4.79 Å². The van der Waals surface area contributed by atoms with Gasteiger partial charge in [0.2, 0.25) is 0 Å². The van der Waals surface area contributed by atoms with Gasteiger partial charge < -0.3 is 10.6 Å². The first-order valence-corrected chi connectivity index (χ1v) is 6.36. The van der Waals surface area contributed by atoms with Crippen LogP contribution in [0.4, 0.5) is 0 Å². The first kappa shape index (κ1) is 12.1. The van der Waals surface area contributed by atoms with Gasteiger partial charge in [0.15, 0.2) is 6.04 Å². The first-order valence-electron chi connectivity index (χ1n) is 6.36. The molecule has 0 fully saturated rings. The summed E-state index contributed by atoms with van der Waals surface area (Å²) in [5, 5.41) is 4.90. The number of hydrogen-bond donors (Lipinski definition) is 2. The summed E-state index contributed by atoms with van der Waals surface area (Å²) in [7, 11) is 1.70. The van der Waals surface area contributed by atoms with Crippen molar-refractivity contribution in [2.45, 2.75) is 38.3 Å². The predicted molar refractivity (Wildman–Crippen MR) is 67.6 cm³/mol. The van der Waals surface area contributed by atoms with Gasteiger partial charge in [0.1, 0.15) is 6.04 Å². The van der Waals surface area contributed by atoms with Gasteiger partial charge in [-0.2, -0.15) is 0 Å². The Morgan fingerprint density at radius 2 is 2.24 bits per heavy atom. The molecule has 0 heterocycles.